The van der Waals surface area contributed by atoms with Crippen molar-refractivity contribution in [2.45, 2.75) is 25.3 Å². The zero-order valence-electron chi connectivity index (χ0n) is 14.9. The van der Waals surface area contributed by atoms with Gasteiger partial charge in [-0.05, 0) is 37.1 Å². The molecule has 0 unspecified atom stereocenters. The minimum Gasteiger partial charge on any atom is -0.337 e. The molecule has 27 heavy (non-hydrogen) atoms. The second-order valence-electron chi connectivity index (χ2n) is 6.83. The lowest BCUT2D eigenvalue weighted by Gasteiger charge is -2.19. The van der Waals surface area contributed by atoms with E-state index in [2.05, 4.69) is 5.10 Å². The number of para-hydroxylation sites is 1. The van der Waals surface area contributed by atoms with Gasteiger partial charge in [0.25, 0.3) is 5.91 Å². The van der Waals surface area contributed by atoms with E-state index in [1.54, 1.807) is 25.4 Å². The van der Waals surface area contributed by atoms with Crippen LogP contribution in [-0.4, -0.2) is 27.6 Å². The number of halogens is 2. The minimum absolute atomic E-state index is 0.102. The Morgan fingerprint density at radius 3 is 2.63 bits per heavy atom. The molecular formula is C21H19ClFN3O. The first-order valence-electron chi connectivity index (χ1n) is 8.88. The minimum atomic E-state index is -0.412. The molecule has 1 aliphatic carbocycles. The Morgan fingerprint density at radius 2 is 1.96 bits per heavy atom. The molecule has 0 N–H and O–H groups in total. The number of carbonyl (C=O) groups is 1. The second kappa shape index (κ2) is 7.16. The molecule has 0 radical (unpaired) electrons. The van der Waals surface area contributed by atoms with Gasteiger partial charge in [-0.2, -0.15) is 5.10 Å². The fraction of sp³-hybridized carbons (Fsp3) is 0.238. The molecule has 1 saturated carbocycles. The van der Waals surface area contributed by atoms with E-state index in [4.69, 9.17) is 11.6 Å². The summed E-state index contributed by atoms with van der Waals surface area (Å²) in [6, 6.07) is 14.3. The number of benzene rings is 2. The first-order valence-corrected chi connectivity index (χ1v) is 9.25. The highest BCUT2D eigenvalue weighted by Crippen LogP contribution is 2.42. The summed E-state index contributed by atoms with van der Waals surface area (Å²) in [5.41, 5.74) is 2.74. The molecule has 4 rings (SSSR count). The normalized spacial score (nSPS) is 13.6. The van der Waals surface area contributed by atoms with Crippen LogP contribution in [0.1, 0.15) is 40.4 Å². The maximum Gasteiger partial charge on any atom is 0.257 e. The molecule has 0 saturated heterocycles. The average Bonchev–Trinajstić information content (AvgIpc) is 3.42. The van der Waals surface area contributed by atoms with Gasteiger partial charge in [-0.1, -0.05) is 35.9 Å². The molecule has 6 heteroatoms. The van der Waals surface area contributed by atoms with Gasteiger partial charge in [0.1, 0.15) is 5.82 Å². The van der Waals surface area contributed by atoms with Gasteiger partial charge in [0.2, 0.25) is 0 Å². The molecular weight excluding hydrogens is 365 g/mol. The second-order valence-corrected chi connectivity index (χ2v) is 7.23. The molecule has 1 amide bonds. The van der Waals surface area contributed by atoms with E-state index in [0.29, 0.717) is 22.1 Å². The molecule has 1 heterocycles. The Hall–Kier alpha value is -2.66. The van der Waals surface area contributed by atoms with E-state index in [1.807, 2.05) is 35.0 Å². The van der Waals surface area contributed by atoms with E-state index in [-0.39, 0.29) is 12.5 Å². The molecule has 0 atom stereocenters. The molecule has 1 aromatic heterocycles. The van der Waals surface area contributed by atoms with Crippen LogP contribution in [-0.2, 0) is 6.54 Å². The van der Waals surface area contributed by atoms with Crippen molar-refractivity contribution in [1.82, 2.24) is 14.7 Å². The van der Waals surface area contributed by atoms with Gasteiger partial charge in [0, 0.05) is 30.1 Å². The molecule has 0 spiro atoms. The number of hydrogen-bond acceptors (Lipinski definition) is 2. The maximum atomic E-state index is 14.1. The Labute approximate surface area is 162 Å². The van der Waals surface area contributed by atoms with Crippen molar-refractivity contribution in [2.24, 2.45) is 0 Å². The van der Waals surface area contributed by atoms with E-state index >= 15 is 0 Å². The number of amides is 1. The molecule has 4 nitrogen and oxygen atoms in total. The molecule has 1 aliphatic rings. The van der Waals surface area contributed by atoms with Crippen LogP contribution in [0, 0.1) is 5.82 Å². The number of carbonyl (C=O) groups excluding carboxylic acids is 1. The van der Waals surface area contributed by atoms with Crippen LogP contribution >= 0.6 is 11.6 Å². The Balaban J connectivity index is 1.65. The van der Waals surface area contributed by atoms with Crippen LogP contribution in [0.3, 0.4) is 0 Å². The summed E-state index contributed by atoms with van der Waals surface area (Å²) in [6.45, 7) is 0.102. The molecule has 138 valence electrons. The van der Waals surface area contributed by atoms with Crippen molar-refractivity contribution >= 4 is 17.5 Å². The summed E-state index contributed by atoms with van der Waals surface area (Å²) in [7, 11) is 1.65. The summed E-state index contributed by atoms with van der Waals surface area (Å²) in [6.07, 6.45) is 3.70. The zero-order chi connectivity index (χ0) is 19.0. The number of rotatable bonds is 5. The lowest BCUT2D eigenvalue weighted by molar-refractivity contribution is 0.0782. The third-order valence-electron chi connectivity index (χ3n) is 4.81. The fourth-order valence-electron chi connectivity index (χ4n) is 3.25. The third-order valence-corrected chi connectivity index (χ3v) is 5.16. The number of aromatic nitrogens is 2. The van der Waals surface area contributed by atoms with Gasteiger partial charge in [-0.15, -0.1) is 0 Å². The van der Waals surface area contributed by atoms with Crippen molar-refractivity contribution in [2.75, 3.05) is 7.05 Å². The predicted octanol–water partition coefficient (Wildman–Crippen LogP) is 4.81. The highest BCUT2D eigenvalue weighted by Gasteiger charge is 2.33. The summed E-state index contributed by atoms with van der Waals surface area (Å²) in [5.74, 6) is -0.264. The Bertz CT molecular complexity index is 962. The first-order chi connectivity index (χ1) is 13.1. The molecule has 0 aliphatic heterocycles. The standard InChI is InChI=1S/C21H19ClFN3O/c1-25(13-17-18(22)8-5-9-19(17)23)21(27)16-12-24-26(20(16)14-10-11-14)15-6-3-2-4-7-15/h2-9,12,14H,10-11,13H2,1H3. The highest BCUT2D eigenvalue weighted by molar-refractivity contribution is 6.31. The van der Waals surface area contributed by atoms with Gasteiger partial charge in [0.15, 0.2) is 0 Å². The molecule has 2 aromatic carbocycles. The molecule has 1 fully saturated rings. The van der Waals surface area contributed by atoms with Crippen molar-refractivity contribution in [3.8, 4) is 5.69 Å². The number of hydrogen-bond donors (Lipinski definition) is 0. The lowest BCUT2D eigenvalue weighted by Crippen LogP contribution is -2.27. The van der Waals surface area contributed by atoms with E-state index in [9.17, 15) is 9.18 Å². The van der Waals surface area contributed by atoms with Gasteiger partial charge in [-0.3, -0.25) is 4.79 Å². The quantitative estimate of drug-likeness (QED) is 0.633. The van der Waals surface area contributed by atoms with E-state index in [1.165, 1.54) is 11.0 Å². The van der Waals surface area contributed by atoms with Crippen molar-refractivity contribution in [1.29, 1.82) is 0 Å². The smallest absolute Gasteiger partial charge is 0.257 e. The van der Waals surface area contributed by atoms with Crippen LogP contribution in [0.2, 0.25) is 5.02 Å². The number of nitrogens with zero attached hydrogens (tertiary/aromatic N) is 3. The van der Waals surface area contributed by atoms with Crippen molar-refractivity contribution in [3.05, 3.63) is 82.4 Å². The predicted molar refractivity (Wildman–Crippen MR) is 103 cm³/mol. The fourth-order valence-corrected chi connectivity index (χ4v) is 3.47. The third kappa shape index (κ3) is 3.47. The highest BCUT2D eigenvalue weighted by atomic mass is 35.5. The zero-order valence-corrected chi connectivity index (χ0v) is 15.7. The molecule has 3 aromatic rings. The van der Waals surface area contributed by atoms with Crippen molar-refractivity contribution in [3.63, 3.8) is 0 Å². The SMILES string of the molecule is CN(Cc1c(F)cccc1Cl)C(=O)c1cnn(-c2ccccc2)c1C1CC1. The van der Waals surface area contributed by atoms with Crippen LogP contribution in [0.15, 0.2) is 54.7 Å². The summed E-state index contributed by atoms with van der Waals surface area (Å²) in [5, 5.41) is 4.78. The Kier molecular flexibility index (Phi) is 4.70. The largest absolute Gasteiger partial charge is 0.337 e. The van der Waals surface area contributed by atoms with Crippen LogP contribution < -0.4 is 0 Å². The van der Waals surface area contributed by atoms with Gasteiger partial charge >= 0.3 is 0 Å². The first kappa shape index (κ1) is 17.7. The van der Waals surface area contributed by atoms with Gasteiger partial charge in [0.05, 0.1) is 23.1 Å². The summed E-state index contributed by atoms with van der Waals surface area (Å²) in [4.78, 5) is 14.6. The van der Waals surface area contributed by atoms with Crippen LogP contribution in [0.5, 0.6) is 0 Å². The average molecular weight is 384 g/mol. The van der Waals surface area contributed by atoms with Gasteiger partial charge < -0.3 is 4.90 Å². The maximum absolute atomic E-state index is 14.1. The summed E-state index contributed by atoms with van der Waals surface area (Å²) >= 11 is 6.11. The van der Waals surface area contributed by atoms with Crippen molar-refractivity contribution < 1.29 is 9.18 Å². The molecule has 0 bridgehead atoms. The van der Waals surface area contributed by atoms with Crippen LogP contribution in [0.25, 0.3) is 5.69 Å². The van der Waals surface area contributed by atoms with E-state index < -0.39 is 5.82 Å². The monoisotopic (exact) mass is 383 g/mol. The summed E-state index contributed by atoms with van der Waals surface area (Å²) < 4.78 is 15.9. The van der Waals surface area contributed by atoms with Gasteiger partial charge in [-0.25, -0.2) is 9.07 Å². The topological polar surface area (TPSA) is 38.1 Å². The lowest BCUT2D eigenvalue weighted by atomic mass is 10.1. The van der Waals surface area contributed by atoms with Crippen LogP contribution in [0.4, 0.5) is 4.39 Å². The Morgan fingerprint density at radius 1 is 1.22 bits per heavy atom. The van der Waals surface area contributed by atoms with E-state index in [0.717, 1.165) is 24.2 Å².